The molecule has 0 heterocycles. The van der Waals surface area contributed by atoms with Crippen molar-refractivity contribution in [3.05, 3.63) is 106 Å². The van der Waals surface area contributed by atoms with Gasteiger partial charge in [0.15, 0.2) is 11.5 Å². The average Bonchev–Trinajstić information content (AvgIpc) is 2.85. The number of methoxy groups -OCH3 is 1. The van der Waals surface area contributed by atoms with Gasteiger partial charge in [-0.25, -0.2) is 10.2 Å². The lowest BCUT2D eigenvalue weighted by molar-refractivity contribution is -0.120. The van der Waals surface area contributed by atoms with Crippen LogP contribution in [0.1, 0.15) is 21.5 Å². The van der Waals surface area contributed by atoms with E-state index in [4.69, 9.17) is 9.47 Å². The molecular weight excluding hydrogens is 496 g/mol. The Morgan fingerprint density at radius 1 is 0.941 bits per heavy atom. The van der Waals surface area contributed by atoms with Crippen LogP contribution in [-0.2, 0) is 11.2 Å². The lowest BCUT2D eigenvalue weighted by Gasteiger charge is -2.10. The van der Waals surface area contributed by atoms with Crippen molar-refractivity contribution in [2.24, 2.45) is 5.10 Å². The molecule has 4 aromatic carbocycles. The first kappa shape index (κ1) is 23.2. The number of fused-ring (bicyclic) bond motifs is 1. The molecule has 0 aliphatic heterocycles. The number of nitrogens with one attached hydrogen (secondary N) is 1. The molecular formula is C27H21BrN2O4. The van der Waals surface area contributed by atoms with Gasteiger partial charge in [-0.3, -0.25) is 4.79 Å². The second kappa shape index (κ2) is 10.8. The van der Waals surface area contributed by atoms with Gasteiger partial charge >= 0.3 is 5.97 Å². The minimum absolute atomic E-state index is 0.215. The summed E-state index contributed by atoms with van der Waals surface area (Å²) >= 11 is 3.34. The summed E-state index contributed by atoms with van der Waals surface area (Å²) in [5, 5.41) is 6.18. The van der Waals surface area contributed by atoms with Crippen LogP contribution in [-0.4, -0.2) is 25.2 Å². The van der Waals surface area contributed by atoms with Crippen molar-refractivity contribution in [2.75, 3.05) is 7.11 Å². The van der Waals surface area contributed by atoms with Crippen LogP contribution in [0.2, 0.25) is 0 Å². The monoisotopic (exact) mass is 516 g/mol. The first-order valence-corrected chi connectivity index (χ1v) is 11.3. The highest BCUT2D eigenvalue weighted by atomic mass is 79.9. The zero-order valence-electron chi connectivity index (χ0n) is 18.3. The Morgan fingerprint density at radius 3 is 2.56 bits per heavy atom. The number of amides is 1. The van der Waals surface area contributed by atoms with Gasteiger partial charge in [0.25, 0.3) is 0 Å². The van der Waals surface area contributed by atoms with Crippen molar-refractivity contribution >= 4 is 44.8 Å². The normalized spacial score (nSPS) is 10.9. The third kappa shape index (κ3) is 5.68. The minimum Gasteiger partial charge on any atom is -0.493 e. The molecule has 0 atom stereocenters. The van der Waals surface area contributed by atoms with Crippen molar-refractivity contribution in [1.82, 2.24) is 5.43 Å². The predicted molar refractivity (Wildman–Crippen MR) is 135 cm³/mol. The van der Waals surface area contributed by atoms with Crippen molar-refractivity contribution in [1.29, 1.82) is 0 Å². The molecule has 0 bridgehead atoms. The number of carbonyl (C=O) groups excluding carboxylic acids is 2. The van der Waals surface area contributed by atoms with E-state index in [1.165, 1.54) is 13.3 Å². The highest BCUT2D eigenvalue weighted by Gasteiger charge is 2.13. The first-order valence-electron chi connectivity index (χ1n) is 10.5. The molecule has 0 aliphatic carbocycles. The Balaban J connectivity index is 1.40. The molecule has 0 spiro atoms. The average molecular weight is 517 g/mol. The van der Waals surface area contributed by atoms with E-state index < -0.39 is 5.97 Å². The lowest BCUT2D eigenvalue weighted by Crippen LogP contribution is -2.19. The molecule has 0 aromatic heterocycles. The van der Waals surface area contributed by atoms with Crippen LogP contribution >= 0.6 is 15.9 Å². The molecule has 7 heteroatoms. The third-order valence-corrected chi connectivity index (χ3v) is 5.58. The number of carbonyl (C=O) groups is 2. The Morgan fingerprint density at radius 2 is 1.74 bits per heavy atom. The quantitative estimate of drug-likeness (QED) is 0.152. The van der Waals surface area contributed by atoms with E-state index in [0.717, 1.165) is 20.8 Å². The fraction of sp³-hybridized carbons (Fsp3) is 0.0741. The van der Waals surface area contributed by atoms with Gasteiger partial charge in [0, 0.05) is 4.47 Å². The SMILES string of the molecule is COc1cc(/C=N\NC(=O)Cc2cccc3ccccc23)ccc1OC(=O)c1cccc(Br)c1. The largest absolute Gasteiger partial charge is 0.493 e. The molecule has 1 N–H and O–H groups in total. The number of rotatable bonds is 7. The fourth-order valence-corrected chi connectivity index (χ4v) is 3.86. The van der Waals surface area contributed by atoms with E-state index in [1.54, 1.807) is 36.4 Å². The van der Waals surface area contributed by atoms with Gasteiger partial charge in [-0.15, -0.1) is 0 Å². The highest BCUT2D eigenvalue weighted by Crippen LogP contribution is 2.28. The Labute approximate surface area is 205 Å². The molecule has 0 unspecified atom stereocenters. The predicted octanol–water partition coefficient (Wildman–Crippen LogP) is 5.52. The van der Waals surface area contributed by atoms with Crippen molar-refractivity contribution in [3.63, 3.8) is 0 Å². The maximum Gasteiger partial charge on any atom is 0.343 e. The van der Waals surface area contributed by atoms with E-state index in [1.807, 2.05) is 48.5 Å². The van der Waals surface area contributed by atoms with Crippen LogP contribution in [0.4, 0.5) is 0 Å². The summed E-state index contributed by atoms with van der Waals surface area (Å²) in [5.74, 6) is -0.0696. The lowest BCUT2D eigenvalue weighted by atomic mass is 10.0. The smallest absolute Gasteiger partial charge is 0.343 e. The summed E-state index contributed by atoms with van der Waals surface area (Å²) in [7, 11) is 1.48. The summed E-state index contributed by atoms with van der Waals surface area (Å²) in [6.07, 6.45) is 1.72. The maximum absolute atomic E-state index is 12.4. The van der Waals surface area contributed by atoms with Crippen LogP contribution in [0, 0.1) is 0 Å². The number of esters is 1. The molecule has 34 heavy (non-hydrogen) atoms. The topological polar surface area (TPSA) is 77.0 Å². The summed E-state index contributed by atoms with van der Waals surface area (Å²) < 4.78 is 11.6. The Bertz CT molecular complexity index is 1380. The van der Waals surface area contributed by atoms with E-state index in [0.29, 0.717) is 16.9 Å². The van der Waals surface area contributed by atoms with Gasteiger partial charge in [0.2, 0.25) is 5.91 Å². The minimum atomic E-state index is -0.498. The molecule has 0 fully saturated rings. The highest BCUT2D eigenvalue weighted by molar-refractivity contribution is 9.10. The number of hydrogen-bond acceptors (Lipinski definition) is 5. The van der Waals surface area contributed by atoms with Crippen LogP contribution < -0.4 is 14.9 Å². The summed E-state index contributed by atoms with van der Waals surface area (Å²) in [6, 6.07) is 25.8. The molecule has 0 radical (unpaired) electrons. The van der Waals surface area contributed by atoms with Gasteiger partial charge in [-0.1, -0.05) is 64.5 Å². The number of benzene rings is 4. The number of hydrazone groups is 1. The number of ether oxygens (including phenoxy) is 2. The van der Waals surface area contributed by atoms with Crippen molar-refractivity contribution in [3.8, 4) is 11.5 Å². The fourth-order valence-electron chi connectivity index (χ4n) is 3.46. The van der Waals surface area contributed by atoms with E-state index >= 15 is 0 Å². The third-order valence-electron chi connectivity index (χ3n) is 5.08. The van der Waals surface area contributed by atoms with Crippen molar-refractivity contribution < 1.29 is 19.1 Å². The maximum atomic E-state index is 12.4. The molecule has 0 aliphatic rings. The van der Waals surface area contributed by atoms with Crippen LogP contribution in [0.15, 0.2) is 94.5 Å². The van der Waals surface area contributed by atoms with Gasteiger partial charge in [0.1, 0.15) is 0 Å². The Kier molecular flexibility index (Phi) is 7.34. The number of nitrogens with zero attached hydrogens (tertiary/aromatic N) is 1. The Hall–Kier alpha value is -3.97. The van der Waals surface area contributed by atoms with Gasteiger partial charge < -0.3 is 9.47 Å². The summed E-state index contributed by atoms with van der Waals surface area (Å²) in [4.78, 5) is 24.8. The van der Waals surface area contributed by atoms with Crippen LogP contribution in [0.3, 0.4) is 0 Å². The van der Waals surface area contributed by atoms with E-state index in [-0.39, 0.29) is 18.1 Å². The second-order valence-corrected chi connectivity index (χ2v) is 8.33. The zero-order valence-corrected chi connectivity index (χ0v) is 19.9. The first-order chi connectivity index (χ1) is 16.5. The van der Waals surface area contributed by atoms with Crippen LogP contribution in [0.25, 0.3) is 10.8 Å². The number of hydrogen-bond donors (Lipinski definition) is 1. The summed E-state index contributed by atoms with van der Waals surface area (Å²) in [6.45, 7) is 0. The second-order valence-electron chi connectivity index (χ2n) is 7.42. The molecule has 1 amide bonds. The van der Waals surface area contributed by atoms with E-state index in [9.17, 15) is 9.59 Å². The zero-order chi connectivity index (χ0) is 23.9. The van der Waals surface area contributed by atoms with Gasteiger partial charge in [-0.2, -0.15) is 5.10 Å². The van der Waals surface area contributed by atoms with Crippen molar-refractivity contribution in [2.45, 2.75) is 6.42 Å². The molecule has 4 rings (SSSR count). The molecule has 0 saturated heterocycles. The molecule has 0 saturated carbocycles. The molecule has 6 nitrogen and oxygen atoms in total. The molecule has 170 valence electrons. The van der Waals surface area contributed by atoms with Gasteiger partial charge in [0.05, 0.1) is 25.3 Å². The summed E-state index contributed by atoms with van der Waals surface area (Å²) in [5.41, 5.74) is 4.57. The molecule has 4 aromatic rings. The van der Waals surface area contributed by atoms with Crippen LogP contribution in [0.5, 0.6) is 11.5 Å². The van der Waals surface area contributed by atoms with Gasteiger partial charge in [-0.05, 0) is 58.3 Å². The standard InChI is InChI=1S/C27H21BrN2O4/c1-33-25-14-18(12-13-24(25)34-27(32)21-9-5-10-22(28)15-21)17-29-30-26(31)16-20-8-4-7-19-6-2-3-11-23(19)20/h2-15,17H,16H2,1H3,(H,30,31)/b29-17-. The number of halogens is 1. The van der Waals surface area contributed by atoms with E-state index in [2.05, 4.69) is 26.5 Å².